The molecule has 0 radical (unpaired) electrons. The molecule has 74 valence electrons. The van der Waals surface area contributed by atoms with E-state index in [1.165, 1.54) is 0 Å². The Bertz CT molecular complexity index is 243. The maximum Gasteiger partial charge on any atom is 1.00 e. The molecule has 9 heteroatoms. The van der Waals surface area contributed by atoms with Gasteiger partial charge in [-0.3, -0.25) is 0 Å². The van der Waals surface area contributed by atoms with Gasteiger partial charge in [-0.25, -0.2) is 4.99 Å². The number of hydrogen-bond donors (Lipinski definition) is 2. The molecule has 0 rings (SSSR count). The molecule has 0 amide bonds. The minimum atomic E-state index is -1.52. The van der Waals surface area contributed by atoms with Crippen molar-refractivity contribution >= 4 is 17.9 Å². The molecule has 0 fully saturated rings. The van der Waals surface area contributed by atoms with E-state index in [0.717, 1.165) is 0 Å². The Labute approximate surface area is 131 Å². The summed E-state index contributed by atoms with van der Waals surface area (Å²) in [6.07, 6.45) is -0.683. The number of hydrogen-bond acceptors (Lipinski definition) is 5. The number of nitrogens with two attached hydrogens (primary N) is 2. The number of carbonyl (C=O) groups excluding carboxylic acids is 2. The number of carboxylic acid groups (broad SMARTS) is 2. The van der Waals surface area contributed by atoms with Crippen molar-refractivity contribution < 1.29 is 78.9 Å². The summed E-state index contributed by atoms with van der Waals surface area (Å²) in [4.78, 5) is 23.5. The Morgan fingerprint density at radius 1 is 1.20 bits per heavy atom. The molecule has 0 aromatic heterocycles. The zero-order valence-electron chi connectivity index (χ0n) is 8.73. The fourth-order valence-corrected chi connectivity index (χ4v) is 0.670. The smallest absolute Gasteiger partial charge is 0.550 e. The third-order valence-corrected chi connectivity index (χ3v) is 1.20. The van der Waals surface area contributed by atoms with Gasteiger partial charge in [0.25, 0.3) is 0 Å². The van der Waals surface area contributed by atoms with E-state index < -0.39 is 30.4 Å². The average Bonchev–Trinajstić information content (AvgIpc) is 1.96. The first-order valence-corrected chi connectivity index (χ1v) is 3.43. The van der Waals surface area contributed by atoms with E-state index in [1.54, 1.807) is 0 Å². The molecule has 0 aromatic carbocycles. The molecule has 0 saturated carbocycles. The minimum Gasteiger partial charge on any atom is -0.550 e. The number of aliphatic carboxylic acids is 2. The van der Waals surface area contributed by atoms with Gasteiger partial charge in [-0.15, -0.1) is 0 Å². The maximum absolute atomic E-state index is 10.3. The van der Waals surface area contributed by atoms with E-state index in [0.29, 0.717) is 0 Å². The van der Waals surface area contributed by atoms with Crippen LogP contribution >= 0.6 is 0 Å². The Balaban J connectivity index is -0.000000720. The van der Waals surface area contributed by atoms with Gasteiger partial charge < -0.3 is 31.3 Å². The van der Waals surface area contributed by atoms with Crippen LogP contribution in [0.2, 0.25) is 0 Å². The van der Waals surface area contributed by atoms with Gasteiger partial charge in [0, 0.05) is 5.97 Å². The van der Waals surface area contributed by atoms with Crippen molar-refractivity contribution in [1.82, 2.24) is 0 Å². The van der Waals surface area contributed by atoms with Crippen LogP contribution in [0.1, 0.15) is 12.8 Å². The van der Waals surface area contributed by atoms with Crippen molar-refractivity contribution in [3.05, 3.63) is 0 Å². The van der Waals surface area contributed by atoms with Crippen molar-refractivity contribution in [1.29, 1.82) is 0 Å². The summed E-state index contributed by atoms with van der Waals surface area (Å²) in [6, 6.07) is -1.33. The number of aliphatic imine (C=N–C) groups is 1. The van der Waals surface area contributed by atoms with Gasteiger partial charge in [-0.1, -0.05) is 0 Å². The predicted octanol–water partition coefficient (Wildman–Crippen LogP) is -10.1. The van der Waals surface area contributed by atoms with E-state index >= 15 is 0 Å². The van der Waals surface area contributed by atoms with Crippen molar-refractivity contribution in [2.75, 3.05) is 0 Å². The first kappa shape index (κ1) is 20.6. The largest absolute Gasteiger partial charge is 1.00 e. The third-order valence-electron chi connectivity index (χ3n) is 1.20. The second-order valence-corrected chi connectivity index (χ2v) is 2.30. The summed E-state index contributed by atoms with van der Waals surface area (Å²) >= 11 is 0. The van der Waals surface area contributed by atoms with E-state index in [1.807, 2.05) is 0 Å². The fraction of sp³-hybridized carbons (Fsp3) is 0.500. The molecule has 0 heterocycles. The van der Waals surface area contributed by atoms with Crippen LogP contribution in [0, 0.1) is 0 Å². The van der Waals surface area contributed by atoms with Gasteiger partial charge in [0.05, 0.1) is 12.0 Å². The molecule has 0 aliphatic heterocycles. The van der Waals surface area contributed by atoms with Crippen molar-refractivity contribution in [3.63, 3.8) is 0 Å². The van der Waals surface area contributed by atoms with Gasteiger partial charge in [0.1, 0.15) is 0 Å². The second-order valence-electron chi connectivity index (χ2n) is 2.30. The molecule has 0 spiro atoms. The van der Waals surface area contributed by atoms with Crippen LogP contribution in [0.3, 0.4) is 0 Å². The van der Waals surface area contributed by atoms with E-state index in [9.17, 15) is 19.8 Å². The molecule has 0 saturated heterocycles. The summed E-state index contributed by atoms with van der Waals surface area (Å²) < 4.78 is 0. The molecule has 15 heavy (non-hydrogen) atoms. The Kier molecular flexibility index (Phi) is 14.7. The molecule has 0 unspecified atom stereocenters. The van der Waals surface area contributed by atoms with Crippen LogP contribution in [-0.4, -0.2) is 23.9 Å². The van der Waals surface area contributed by atoms with Crippen molar-refractivity contribution in [2.45, 2.75) is 18.9 Å². The van der Waals surface area contributed by atoms with Crippen LogP contribution in [0.15, 0.2) is 4.99 Å². The average molecular weight is 233 g/mol. The van der Waals surface area contributed by atoms with Crippen LogP contribution in [-0.2, 0) is 9.59 Å². The van der Waals surface area contributed by atoms with Crippen LogP contribution < -0.4 is 80.8 Å². The first-order chi connectivity index (χ1) is 5.93. The van der Waals surface area contributed by atoms with Crippen LogP contribution in [0.4, 0.5) is 0 Å². The molecule has 0 aromatic rings. The molecule has 0 aliphatic rings. The number of carboxylic acids is 2. The van der Waals surface area contributed by atoms with E-state index in [4.69, 9.17) is 11.5 Å². The number of carbonyl (C=O) groups is 2. The minimum absolute atomic E-state index is 0. The molecule has 4 N–H and O–H groups in total. The van der Waals surface area contributed by atoms with Crippen molar-refractivity contribution in [3.8, 4) is 0 Å². The molecule has 0 aliphatic carbocycles. The molecule has 1 atom stereocenters. The van der Waals surface area contributed by atoms with Gasteiger partial charge >= 0.3 is 59.1 Å². The van der Waals surface area contributed by atoms with Crippen LogP contribution in [0.5, 0.6) is 0 Å². The Morgan fingerprint density at radius 3 is 1.93 bits per heavy atom. The van der Waals surface area contributed by atoms with Gasteiger partial charge in [-0.2, -0.15) is 0 Å². The maximum atomic E-state index is 10.3. The number of nitrogens with zero attached hydrogens (tertiary/aromatic N) is 1. The van der Waals surface area contributed by atoms with Gasteiger partial charge in [0.15, 0.2) is 5.96 Å². The van der Waals surface area contributed by atoms with E-state index in [2.05, 4.69) is 4.99 Å². The normalized spacial score (nSPS) is 10.1. The molecular weight excluding hydrogens is 224 g/mol. The predicted molar refractivity (Wildman–Crippen MR) is 38.8 cm³/mol. The number of rotatable bonds is 5. The molecule has 0 bridgehead atoms. The Hall–Kier alpha value is 0.210. The number of guanidine groups is 1. The topological polar surface area (TPSA) is 145 Å². The van der Waals surface area contributed by atoms with Gasteiger partial charge in [0.2, 0.25) is 0 Å². The van der Waals surface area contributed by atoms with Crippen molar-refractivity contribution in [2.24, 2.45) is 16.5 Å². The SMILES string of the molecule is NC(N)=N[C@@H](CCC(=O)[O-])C(=O)[O-].[Na+].[Na+]. The van der Waals surface area contributed by atoms with E-state index in [-0.39, 0.29) is 65.5 Å². The first-order valence-electron chi connectivity index (χ1n) is 3.43. The Morgan fingerprint density at radius 2 is 1.67 bits per heavy atom. The van der Waals surface area contributed by atoms with Gasteiger partial charge in [-0.05, 0) is 12.8 Å². The summed E-state index contributed by atoms with van der Waals surface area (Å²) in [5, 5.41) is 20.3. The summed E-state index contributed by atoms with van der Waals surface area (Å²) in [5.74, 6) is -3.31. The summed E-state index contributed by atoms with van der Waals surface area (Å²) in [6.45, 7) is 0. The molecule has 7 nitrogen and oxygen atoms in total. The second kappa shape index (κ2) is 10.7. The molecular formula is C6H9N3Na2O4. The zero-order valence-corrected chi connectivity index (χ0v) is 12.7. The van der Waals surface area contributed by atoms with Crippen LogP contribution in [0.25, 0.3) is 0 Å². The third kappa shape index (κ3) is 12.1. The standard InChI is InChI=1S/C6H11N3O4.2Na/c7-6(8)9-3(5(12)13)1-2-4(10)11;;/h3H,1-2H2,(H,10,11)(H,12,13)(H4,7,8,9);;/q;2*+1/p-2/t3-;;/m0../s1. The zero-order chi connectivity index (χ0) is 10.4. The monoisotopic (exact) mass is 233 g/mol. The summed E-state index contributed by atoms with van der Waals surface area (Å²) in [5.41, 5.74) is 9.82. The summed E-state index contributed by atoms with van der Waals surface area (Å²) in [7, 11) is 0. The quantitative estimate of drug-likeness (QED) is 0.274. The fourth-order valence-electron chi connectivity index (χ4n) is 0.670.